The van der Waals surface area contributed by atoms with E-state index in [1.165, 1.54) is 12.0 Å². The van der Waals surface area contributed by atoms with Crippen LogP contribution in [0.5, 0.6) is 0 Å². The van der Waals surface area contributed by atoms with Crippen molar-refractivity contribution >= 4 is 0 Å². The Hall–Kier alpha value is -0.820. The fourth-order valence-electron chi connectivity index (χ4n) is 1.48. The van der Waals surface area contributed by atoms with Crippen LogP contribution in [0.1, 0.15) is 17.9 Å². The second-order valence-electron chi connectivity index (χ2n) is 3.03. The highest BCUT2D eigenvalue weighted by Gasteiger charge is 2.38. The molecule has 1 aliphatic carbocycles. The highest BCUT2D eigenvalue weighted by atomic mass is 16.5. The summed E-state index contributed by atoms with van der Waals surface area (Å²) >= 11 is 0. The summed E-state index contributed by atoms with van der Waals surface area (Å²) in [5.41, 5.74) is 1.42. The van der Waals surface area contributed by atoms with Gasteiger partial charge in [0.2, 0.25) is 0 Å². The highest BCUT2D eigenvalue weighted by molar-refractivity contribution is 5.26. The number of benzene rings is 1. The molecule has 1 aliphatic rings. The zero-order chi connectivity index (χ0) is 7.68. The van der Waals surface area contributed by atoms with Gasteiger partial charge in [0.25, 0.3) is 0 Å². The van der Waals surface area contributed by atoms with Gasteiger partial charge < -0.3 is 4.74 Å². The zero-order valence-electron chi connectivity index (χ0n) is 6.66. The van der Waals surface area contributed by atoms with Crippen LogP contribution in [0.25, 0.3) is 0 Å². The average Bonchev–Trinajstić information content (AvgIpc) is 2.85. The van der Waals surface area contributed by atoms with Crippen molar-refractivity contribution in [3.05, 3.63) is 35.9 Å². The van der Waals surface area contributed by atoms with Crippen molar-refractivity contribution in [2.24, 2.45) is 0 Å². The Kier molecular flexibility index (Phi) is 1.66. The molecular weight excluding hydrogens is 136 g/mol. The van der Waals surface area contributed by atoms with E-state index < -0.39 is 0 Å². The summed E-state index contributed by atoms with van der Waals surface area (Å²) in [4.78, 5) is 0. The summed E-state index contributed by atoms with van der Waals surface area (Å²) in [6.07, 6.45) is 1.68. The van der Waals surface area contributed by atoms with Crippen molar-refractivity contribution in [2.75, 3.05) is 7.11 Å². The first-order valence-corrected chi connectivity index (χ1v) is 3.99. The number of ether oxygens (including phenoxy) is 1. The Bertz CT molecular complexity index is 230. The lowest BCUT2D eigenvalue weighted by molar-refractivity contribution is 0.178. The normalized spacial score (nSPS) is 28.5. The van der Waals surface area contributed by atoms with Gasteiger partial charge in [0.05, 0.1) is 6.10 Å². The molecule has 1 aromatic rings. The Morgan fingerprint density at radius 1 is 1.27 bits per heavy atom. The van der Waals surface area contributed by atoms with Crippen molar-refractivity contribution in [1.29, 1.82) is 0 Å². The van der Waals surface area contributed by atoms with Crippen LogP contribution in [0.15, 0.2) is 30.3 Å². The number of hydrogen-bond acceptors (Lipinski definition) is 1. The second kappa shape index (κ2) is 2.67. The minimum absolute atomic E-state index is 0.484. The van der Waals surface area contributed by atoms with Crippen LogP contribution in [0.2, 0.25) is 0 Å². The fraction of sp³-hybridized carbons (Fsp3) is 0.400. The molecule has 0 unspecified atom stereocenters. The monoisotopic (exact) mass is 148 g/mol. The largest absolute Gasteiger partial charge is 0.381 e. The van der Waals surface area contributed by atoms with E-state index in [-0.39, 0.29) is 0 Å². The summed E-state index contributed by atoms with van der Waals surface area (Å²) < 4.78 is 5.23. The van der Waals surface area contributed by atoms with E-state index in [1.807, 2.05) is 6.07 Å². The predicted molar refractivity (Wildman–Crippen MR) is 44.6 cm³/mol. The smallest absolute Gasteiger partial charge is 0.0647 e. The Balaban J connectivity index is 2.09. The lowest BCUT2D eigenvalue weighted by Crippen LogP contribution is -1.89. The molecule has 1 aromatic carbocycles. The molecule has 0 bridgehead atoms. The topological polar surface area (TPSA) is 9.23 Å². The molecule has 2 rings (SSSR count). The van der Waals surface area contributed by atoms with Crippen LogP contribution in [0.3, 0.4) is 0 Å². The molecule has 2 atom stereocenters. The lowest BCUT2D eigenvalue weighted by Gasteiger charge is -1.96. The van der Waals surface area contributed by atoms with E-state index in [2.05, 4.69) is 24.3 Å². The maximum absolute atomic E-state index is 5.23. The van der Waals surface area contributed by atoms with Crippen molar-refractivity contribution in [1.82, 2.24) is 0 Å². The molecule has 0 radical (unpaired) electrons. The van der Waals surface area contributed by atoms with Gasteiger partial charge in [-0.3, -0.25) is 0 Å². The third-order valence-electron chi connectivity index (χ3n) is 2.26. The summed E-state index contributed by atoms with van der Waals surface area (Å²) in [6.45, 7) is 0. The van der Waals surface area contributed by atoms with Gasteiger partial charge in [0, 0.05) is 13.0 Å². The average molecular weight is 148 g/mol. The molecule has 58 valence electrons. The van der Waals surface area contributed by atoms with Gasteiger partial charge in [-0.15, -0.1) is 0 Å². The van der Waals surface area contributed by atoms with Crippen molar-refractivity contribution in [3.63, 3.8) is 0 Å². The van der Waals surface area contributed by atoms with Gasteiger partial charge in [0.15, 0.2) is 0 Å². The molecule has 0 spiro atoms. The Labute approximate surface area is 67.0 Å². The summed E-state index contributed by atoms with van der Waals surface area (Å²) in [7, 11) is 1.79. The fourth-order valence-corrected chi connectivity index (χ4v) is 1.48. The van der Waals surface area contributed by atoms with Gasteiger partial charge in [-0.2, -0.15) is 0 Å². The van der Waals surface area contributed by atoms with Crippen LogP contribution in [-0.4, -0.2) is 13.2 Å². The number of methoxy groups -OCH3 is 1. The Morgan fingerprint density at radius 3 is 2.55 bits per heavy atom. The lowest BCUT2D eigenvalue weighted by atomic mass is 10.1. The third-order valence-corrected chi connectivity index (χ3v) is 2.26. The van der Waals surface area contributed by atoms with Gasteiger partial charge in [-0.05, 0) is 12.0 Å². The quantitative estimate of drug-likeness (QED) is 0.624. The van der Waals surface area contributed by atoms with Crippen molar-refractivity contribution in [2.45, 2.75) is 18.4 Å². The summed E-state index contributed by atoms with van der Waals surface area (Å²) in [5, 5.41) is 0. The zero-order valence-corrected chi connectivity index (χ0v) is 6.66. The van der Waals surface area contributed by atoms with Gasteiger partial charge in [0.1, 0.15) is 0 Å². The van der Waals surface area contributed by atoms with Gasteiger partial charge in [-0.25, -0.2) is 0 Å². The molecular formula is C10H12O. The Morgan fingerprint density at radius 2 is 2.00 bits per heavy atom. The van der Waals surface area contributed by atoms with Gasteiger partial charge >= 0.3 is 0 Å². The van der Waals surface area contributed by atoms with Crippen LogP contribution in [0.4, 0.5) is 0 Å². The SMILES string of the molecule is CO[C@H]1C[C@@H]1c1ccccc1. The number of rotatable bonds is 2. The molecule has 1 saturated carbocycles. The molecule has 1 heteroatoms. The maximum Gasteiger partial charge on any atom is 0.0647 e. The first-order chi connectivity index (χ1) is 5.42. The molecule has 0 aliphatic heterocycles. The minimum atomic E-state index is 0.484. The highest BCUT2D eigenvalue weighted by Crippen LogP contribution is 2.42. The molecule has 0 heterocycles. The summed E-state index contributed by atoms with van der Waals surface area (Å²) in [5.74, 6) is 0.668. The van der Waals surface area contributed by atoms with E-state index in [1.54, 1.807) is 7.11 Å². The van der Waals surface area contributed by atoms with Gasteiger partial charge in [-0.1, -0.05) is 30.3 Å². The van der Waals surface area contributed by atoms with Crippen LogP contribution in [0, 0.1) is 0 Å². The summed E-state index contributed by atoms with van der Waals surface area (Å²) in [6, 6.07) is 10.6. The minimum Gasteiger partial charge on any atom is -0.381 e. The maximum atomic E-state index is 5.23. The van der Waals surface area contributed by atoms with Crippen LogP contribution in [-0.2, 0) is 4.74 Å². The van der Waals surface area contributed by atoms with E-state index in [0.29, 0.717) is 12.0 Å². The molecule has 1 nitrogen and oxygen atoms in total. The molecule has 11 heavy (non-hydrogen) atoms. The molecule has 0 saturated heterocycles. The van der Waals surface area contributed by atoms with E-state index in [4.69, 9.17) is 4.74 Å². The van der Waals surface area contributed by atoms with Crippen LogP contribution >= 0.6 is 0 Å². The second-order valence-corrected chi connectivity index (χ2v) is 3.03. The predicted octanol–water partition coefficient (Wildman–Crippen LogP) is 2.19. The van der Waals surface area contributed by atoms with E-state index >= 15 is 0 Å². The van der Waals surface area contributed by atoms with E-state index in [0.717, 1.165) is 0 Å². The number of hydrogen-bond donors (Lipinski definition) is 0. The molecule has 1 fully saturated rings. The van der Waals surface area contributed by atoms with Crippen LogP contribution < -0.4 is 0 Å². The van der Waals surface area contributed by atoms with Crippen molar-refractivity contribution < 1.29 is 4.74 Å². The molecule has 0 aromatic heterocycles. The molecule has 0 amide bonds. The van der Waals surface area contributed by atoms with Crippen molar-refractivity contribution in [3.8, 4) is 0 Å². The first kappa shape index (κ1) is 6.86. The molecule has 0 N–H and O–H groups in total. The first-order valence-electron chi connectivity index (χ1n) is 3.99. The third kappa shape index (κ3) is 1.29. The standard InChI is InChI=1S/C10H12O/c1-11-10-7-9(10)8-5-3-2-4-6-8/h2-6,9-10H,7H2,1H3/t9-,10+/m1/s1. The van der Waals surface area contributed by atoms with E-state index in [9.17, 15) is 0 Å².